The van der Waals surface area contributed by atoms with Crippen LogP contribution in [-0.2, 0) is 52.3 Å². The van der Waals surface area contributed by atoms with Crippen molar-refractivity contribution in [3.8, 4) is 22.5 Å². The Balaban J connectivity index is 1.06. The molecule has 1 amide bonds. The quantitative estimate of drug-likeness (QED) is 0.0785. The van der Waals surface area contributed by atoms with Gasteiger partial charge in [0.25, 0.3) is 0 Å². The van der Waals surface area contributed by atoms with E-state index >= 15 is 0 Å². The molecule has 2 aromatic heterocycles. The van der Waals surface area contributed by atoms with E-state index in [0.717, 1.165) is 81.0 Å². The van der Waals surface area contributed by atoms with Gasteiger partial charge < -0.3 is 14.0 Å². The van der Waals surface area contributed by atoms with E-state index in [2.05, 4.69) is 126 Å². The number of aryl methyl sites for hydroxylation is 1. The fourth-order valence-corrected chi connectivity index (χ4v) is 8.94. The summed E-state index contributed by atoms with van der Waals surface area (Å²) in [4.78, 5) is 33.4. The van der Waals surface area contributed by atoms with Crippen LogP contribution in [-0.4, -0.2) is 59.9 Å². The van der Waals surface area contributed by atoms with E-state index in [4.69, 9.17) is 24.8 Å². The molecule has 11 nitrogen and oxygen atoms in total. The van der Waals surface area contributed by atoms with Gasteiger partial charge in [-0.3, -0.25) is 4.90 Å². The number of methoxy groups -OCH3 is 1. The van der Waals surface area contributed by atoms with E-state index in [-0.39, 0.29) is 19.6 Å². The number of unbranched alkanes of at least 4 members (excludes halogenated alkanes) is 1. The molecular formula is C53H49N7O4. The van der Waals surface area contributed by atoms with Crippen LogP contribution in [0.25, 0.3) is 22.5 Å². The number of esters is 1. The molecule has 8 aromatic rings. The molecule has 0 fully saturated rings. The maximum atomic E-state index is 13.7. The summed E-state index contributed by atoms with van der Waals surface area (Å²) in [5.74, 6) is 1.05. The number of hydrogen-bond donors (Lipinski definition) is 0. The van der Waals surface area contributed by atoms with E-state index in [1.54, 1.807) is 0 Å². The van der Waals surface area contributed by atoms with E-state index in [1.165, 1.54) is 12.0 Å². The zero-order valence-electron chi connectivity index (χ0n) is 36.0. The number of aromatic nitrogens is 6. The lowest BCUT2D eigenvalue weighted by Gasteiger charge is -2.36. The summed E-state index contributed by atoms with van der Waals surface area (Å²) < 4.78 is 15.1. The summed E-state index contributed by atoms with van der Waals surface area (Å²) in [6.45, 7) is 2.95. The van der Waals surface area contributed by atoms with Crippen molar-refractivity contribution in [2.75, 3.05) is 7.11 Å². The fraction of sp³-hybridized carbons (Fsp3) is 0.208. The molecule has 0 saturated carbocycles. The van der Waals surface area contributed by atoms with Crippen LogP contribution in [0.2, 0.25) is 0 Å². The number of tetrazole rings is 1. The van der Waals surface area contributed by atoms with Crippen LogP contribution in [0, 0.1) is 0 Å². The molecule has 1 aliphatic rings. The van der Waals surface area contributed by atoms with Crippen LogP contribution >= 0.6 is 0 Å². The maximum absolute atomic E-state index is 13.7. The molecule has 1 aliphatic heterocycles. The summed E-state index contributed by atoms with van der Waals surface area (Å²) in [5.41, 5.74) is 8.66. The van der Waals surface area contributed by atoms with Crippen LogP contribution in [0.3, 0.4) is 0 Å². The summed E-state index contributed by atoms with van der Waals surface area (Å²) in [6, 6.07) is 56.6. The Bertz CT molecular complexity index is 2730. The molecule has 6 aromatic carbocycles. The Hall–Kier alpha value is -7.66. The van der Waals surface area contributed by atoms with E-state index < -0.39 is 23.6 Å². The predicted molar refractivity (Wildman–Crippen MR) is 245 cm³/mol. The lowest BCUT2D eigenvalue weighted by atomic mass is 9.77. The highest BCUT2D eigenvalue weighted by molar-refractivity contribution is 5.83. The molecule has 320 valence electrons. The number of carbonyl (C=O) groups excluding carboxylic acids is 2. The number of imidazole rings is 1. The van der Waals surface area contributed by atoms with Crippen LogP contribution in [0.15, 0.2) is 170 Å². The zero-order valence-corrected chi connectivity index (χ0v) is 36.0. The first-order valence-electron chi connectivity index (χ1n) is 21.8. The fourth-order valence-electron chi connectivity index (χ4n) is 8.94. The SMILES string of the molecule is CCCCc1nc2c(n1Cc1ccc(-c3ccccc3-c3nnnn3C(c3ccccc3)(c3ccccc3)c3ccccc3)cc1)CN(C(=O)OCc1ccccc1)C(C(=O)OC)C2. The third-order valence-corrected chi connectivity index (χ3v) is 12.1. The van der Waals surface area contributed by atoms with Gasteiger partial charge in [0, 0.05) is 24.9 Å². The average Bonchev–Trinajstić information content (AvgIpc) is 3.98. The second-order valence-electron chi connectivity index (χ2n) is 16.0. The van der Waals surface area contributed by atoms with Gasteiger partial charge in [-0.25, -0.2) is 19.3 Å². The standard InChI is InChI=1S/C53H49N7O4/c1-3-4-29-49-54-46-34-47(51(61)63-2)59(52(62)64-37-39-19-9-5-10-20-39)36-48(46)58(49)35-38-30-32-40(33-31-38)44-27-17-18-28-45(44)50-55-56-57-60(50)53(41-21-11-6-12-22-41,42-23-13-7-14-24-42)43-25-15-8-16-26-43/h5-28,30-33,47H,3-4,29,34-37H2,1-2H3. The van der Waals surface area contributed by atoms with Crippen LogP contribution in [0.1, 0.15) is 64.8 Å². The third-order valence-electron chi connectivity index (χ3n) is 12.1. The van der Waals surface area contributed by atoms with Crippen molar-refractivity contribution in [1.82, 2.24) is 34.7 Å². The lowest BCUT2D eigenvalue weighted by molar-refractivity contribution is -0.147. The molecule has 9 rings (SSSR count). The van der Waals surface area contributed by atoms with Gasteiger partial charge in [-0.1, -0.05) is 183 Å². The van der Waals surface area contributed by atoms with Crippen molar-refractivity contribution in [3.05, 3.63) is 215 Å². The summed E-state index contributed by atoms with van der Waals surface area (Å²) in [7, 11) is 1.34. The number of nitrogens with zero attached hydrogens (tertiary/aromatic N) is 7. The number of carbonyl (C=O) groups is 2. The zero-order chi connectivity index (χ0) is 43.9. The molecular weight excluding hydrogens is 799 g/mol. The molecule has 0 radical (unpaired) electrons. The van der Waals surface area contributed by atoms with Gasteiger partial charge in [-0.15, -0.1) is 5.10 Å². The Morgan fingerprint density at radius 2 is 1.28 bits per heavy atom. The monoisotopic (exact) mass is 847 g/mol. The molecule has 64 heavy (non-hydrogen) atoms. The number of amides is 1. The summed E-state index contributed by atoms with van der Waals surface area (Å²) >= 11 is 0. The van der Waals surface area contributed by atoms with E-state index in [9.17, 15) is 9.59 Å². The van der Waals surface area contributed by atoms with Gasteiger partial charge in [0.15, 0.2) is 5.82 Å². The second-order valence-corrected chi connectivity index (χ2v) is 16.0. The Morgan fingerprint density at radius 3 is 1.88 bits per heavy atom. The number of benzene rings is 6. The van der Waals surface area contributed by atoms with Crippen LogP contribution in [0.4, 0.5) is 4.79 Å². The molecule has 1 atom stereocenters. The molecule has 0 saturated heterocycles. The number of hydrogen-bond acceptors (Lipinski definition) is 8. The van der Waals surface area contributed by atoms with Gasteiger partial charge in [0.1, 0.15) is 24.0 Å². The highest BCUT2D eigenvalue weighted by atomic mass is 16.6. The molecule has 0 aliphatic carbocycles. The highest BCUT2D eigenvalue weighted by Crippen LogP contribution is 2.43. The largest absolute Gasteiger partial charge is 0.467 e. The lowest BCUT2D eigenvalue weighted by Crippen LogP contribution is -2.49. The van der Waals surface area contributed by atoms with Crippen LogP contribution < -0.4 is 0 Å². The topological polar surface area (TPSA) is 117 Å². The second kappa shape index (κ2) is 18.8. The molecule has 1 unspecified atom stereocenters. The minimum absolute atomic E-state index is 0.0935. The van der Waals surface area contributed by atoms with Gasteiger partial charge in [-0.05, 0) is 55.8 Å². The highest BCUT2D eigenvalue weighted by Gasteiger charge is 2.42. The van der Waals surface area contributed by atoms with Crippen molar-refractivity contribution in [2.24, 2.45) is 0 Å². The first-order valence-corrected chi connectivity index (χ1v) is 21.8. The average molecular weight is 848 g/mol. The van der Waals surface area contributed by atoms with Gasteiger partial charge in [-0.2, -0.15) is 0 Å². The molecule has 3 heterocycles. The van der Waals surface area contributed by atoms with Gasteiger partial charge in [0.2, 0.25) is 0 Å². The number of fused-ring (bicyclic) bond motifs is 1. The Kier molecular flexibility index (Phi) is 12.2. The van der Waals surface area contributed by atoms with Crippen molar-refractivity contribution < 1.29 is 19.1 Å². The van der Waals surface area contributed by atoms with Crippen molar-refractivity contribution in [1.29, 1.82) is 0 Å². The first-order chi connectivity index (χ1) is 31.5. The molecule has 0 spiro atoms. The van der Waals surface area contributed by atoms with E-state index in [0.29, 0.717) is 12.4 Å². The Morgan fingerprint density at radius 1 is 0.703 bits per heavy atom. The normalized spacial score (nSPS) is 13.6. The van der Waals surface area contributed by atoms with Crippen molar-refractivity contribution in [2.45, 2.75) is 63.9 Å². The predicted octanol–water partition coefficient (Wildman–Crippen LogP) is 9.67. The molecule has 0 N–H and O–H groups in total. The molecule has 11 heteroatoms. The van der Waals surface area contributed by atoms with Gasteiger partial charge in [0.05, 0.1) is 25.0 Å². The van der Waals surface area contributed by atoms with Crippen molar-refractivity contribution in [3.63, 3.8) is 0 Å². The smallest absolute Gasteiger partial charge is 0.411 e. The van der Waals surface area contributed by atoms with Crippen LogP contribution in [0.5, 0.6) is 0 Å². The summed E-state index contributed by atoms with van der Waals surface area (Å²) in [5, 5.41) is 13.9. The van der Waals surface area contributed by atoms with E-state index in [1.807, 2.05) is 65.3 Å². The minimum Gasteiger partial charge on any atom is -0.467 e. The van der Waals surface area contributed by atoms with Crippen molar-refractivity contribution >= 4 is 12.1 Å². The third kappa shape index (κ3) is 8.08. The minimum atomic E-state index is -0.899. The maximum Gasteiger partial charge on any atom is 0.411 e. The summed E-state index contributed by atoms with van der Waals surface area (Å²) in [6.07, 6.45) is 2.39. The Labute approximate surface area is 373 Å². The first kappa shape index (κ1) is 41.7. The van der Waals surface area contributed by atoms with Gasteiger partial charge >= 0.3 is 12.1 Å². The number of rotatable bonds is 14. The number of ether oxygens (including phenoxy) is 2. The molecule has 0 bridgehead atoms.